The Balaban J connectivity index is 0.00000182. The third-order valence-electron chi connectivity index (χ3n) is 6.12. The normalized spacial score (nSPS) is 34.4. The number of nitrogens with zero attached hydrogens (tertiary/aromatic N) is 2. The summed E-state index contributed by atoms with van der Waals surface area (Å²) in [7, 11) is 0. The molecule has 25 heavy (non-hydrogen) atoms. The summed E-state index contributed by atoms with van der Waals surface area (Å²) >= 11 is 0. The summed E-state index contributed by atoms with van der Waals surface area (Å²) in [4.78, 5) is 30.8. The summed E-state index contributed by atoms with van der Waals surface area (Å²) in [6, 6.07) is 0.415. The molecule has 1 saturated heterocycles. The Kier molecular flexibility index (Phi) is 5.70. The van der Waals surface area contributed by atoms with E-state index in [1.165, 1.54) is 24.2 Å². The van der Waals surface area contributed by atoms with Crippen molar-refractivity contribution in [3.63, 3.8) is 0 Å². The SMILES string of the molecule is I.NC(=NCCN1C(=O)C2C3C=CC(C3)C2C1=O)NC1CCCCC1. The van der Waals surface area contributed by atoms with Gasteiger partial charge in [0.2, 0.25) is 11.8 Å². The number of rotatable bonds is 4. The van der Waals surface area contributed by atoms with Crippen molar-refractivity contribution in [1.82, 2.24) is 10.2 Å². The first-order valence-electron chi connectivity index (χ1n) is 9.25. The summed E-state index contributed by atoms with van der Waals surface area (Å²) in [5.41, 5.74) is 5.95. The number of carbonyl (C=O) groups excluding carboxylic acids is 2. The van der Waals surface area contributed by atoms with Crippen molar-refractivity contribution in [2.45, 2.75) is 44.6 Å². The molecule has 7 heteroatoms. The van der Waals surface area contributed by atoms with E-state index in [0.29, 0.717) is 25.1 Å². The van der Waals surface area contributed by atoms with Crippen LogP contribution >= 0.6 is 24.0 Å². The molecule has 3 fully saturated rings. The van der Waals surface area contributed by atoms with Crippen LogP contribution in [0.15, 0.2) is 17.1 Å². The van der Waals surface area contributed by atoms with E-state index >= 15 is 0 Å². The van der Waals surface area contributed by atoms with Gasteiger partial charge < -0.3 is 11.1 Å². The number of fused-ring (bicyclic) bond motifs is 5. The van der Waals surface area contributed by atoms with Gasteiger partial charge in [0.15, 0.2) is 5.96 Å². The van der Waals surface area contributed by atoms with E-state index in [-0.39, 0.29) is 59.5 Å². The van der Waals surface area contributed by atoms with Gasteiger partial charge in [-0.2, -0.15) is 0 Å². The molecule has 3 N–H and O–H groups in total. The first-order valence-corrected chi connectivity index (χ1v) is 9.25. The van der Waals surface area contributed by atoms with Crippen LogP contribution in [0.3, 0.4) is 0 Å². The molecular formula is C18H27IN4O2. The molecule has 4 unspecified atom stereocenters. The number of amides is 2. The first-order chi connectivity index (χ1) is 11.6. The van der Waals surface area contributed by atoms with Crippen LogP contribution in [0.25, 0.3) is 0 Å². The van der Waals surface area contributed by atoms with Gasteiger partial charge in [0.25, 0.3) is 0 Å². The lowest BCUT2D eigenvalue weighted by atomic mass is 9.85. The second kappa shape index (κ2) is 7.63. The number of halogens is 1. The maximum absolute atomic E-state index is 12.6. The van der Waals surface area contributed by atoms with Crippen LogP contribution < -0.4 is 11.1 Å². The summed E-state index contributed by atoms with van der Waals surface area (Å²) in [5, 5.41) is 3.26. The molecule has 0 aromatic carbocycles. The second-order valence-electron chi connectivity index (χ2n) is 7.57. The van der Waals surface area contributed by atoms with Crippen LogP contribution in [0.4, 0.5) is 0 Å². The van der Waals surface area contributed by atoms with Crippen molar-refractivity contribution in [3.05, 3.63) is 12.2 Å². The van der Waals surface area contributed by atoms with E-state index < -0.39 is 0 Å². The molecule has 3 aliphatic carbocycles. The van der Waals surface area contributed by atoms with Gasteiger partial charge in [0, 0.05) is 12.6 Å². The Morgan fingerprint density at radius 3 is 2.32 bits per heavy atom. The Morgan fingerprint density at radius 2 is 1.72 bits per heavy atom. The van der Waals surface area contributed by atoms with Crippen LogP contribution in [-0.4, -0.2) is 41.8 Å². The fourth-order valence-electron chi connectivity index (χ4n) is 4.96. The largest absolute Gasteiger partial charge is 0.370 e. The van der Waals surface area contributed by atoms with Crippen LogP contribution in [0.2, 0.25) is 0 Å². The molecule has 4 rings (SSSR count). The minimum absolute atomic E-state index is 0. The molecule has 2 bridgehead atoms. The number of nitrogens with two attached hydrogens (primary N) is 1. The maximum Gasteiger partial charge on any atom is 0.233 e. The zero-order chi connectivity index (χ0) is 16.7. The zero-order valence-electron chi connectivity index (χ0n) is 14.4. The second-order valence-corrected chi connectivity index (χ2v) is 7.57. The molecule has 4 atom stereocenters. The fraction of sp³-hybridized carbons (Fsp3) is 0.722. The molecule has 6 nitrogen and oxygen atoms in total. The van der Waals surface area contributed by atoms with E-state index in [1.807, 2.05) is 0 Å². The van der Waals surface area contributed by atoms with Gasteiger partial charge in [0.05, 0.1) is 18.4 Å². The molecule has 0 radical (unpaired) electrons. The minimum Gasteiger partial charge on any atom is -0.370 e. The summed E-state index contributed by atoms with van der Waals surface area (Å²) in [5.74, 6) is 0.726. The number of likely N-dealkylation sites (tertiary alicyclic amines) is 1. The van der Waals surface area contributed by atoms with Gasteiger partial charge in [-0.1, -0.05) is 31.4 Å². The van der Waals surface area contributed by atoms with Gasteiger partial charge in [-0.3, -0.25) is 19.5 Å². The minimum atomic E-state index is -0.116. The quantitative estimate of drug-likeness (QED) is 0.221. The predicted molar refractivity (Wildman–Crippen MR) is 106 cm³/mol. The molecule has 1 aliphatic heterocycles. The number of guanidine groups is 1. The van der Waals surface area contributed by atoms with E-state index in [1.54, 1.807) is 0 Å². The van der Waals surface area contributed by atoms with Crippen LogP contribution in [0.5, 0.6) is 0 Å². The monoisotopic (exact) mass is 458 g/mol. The molecule has 2 saturated carbocycles. The topological polar surface area (TPSA) is 87.8 Å². The lowest BCUT2D eigenvalue weighted by Gasteiger charge is -2.23. The molecule has 138 valence electrons. The van der Waals surface area contributed by atoms with Crippen molar-refractivity contribution in [2.24, 2.45) is 34.4 Å². The van der Waals surface area contributed by atoms with Crippen LogP contribution in [-0.2, 0) is 9.59 Å². The number of carbonyl (C=O) groups is 2. The van der Waals surface area contributed by atoms with Gasteiger partial charge >= 0.3 is 0 Å². The van der Waals surface area contributed by atoms with E-state index in [4.69, 9.17) is 5.73 Å². The van der Waals surface area contributed by atoms with Crippen molar-refractivity contribution in [1.29, 1.82) is 0 Å². The lowest BCUT2D eigenvalue weighted by molar-refractivity contribution is -0.140. The van der Waals surface area contributed by atoms with E-state index in [9.17, 15) is 9.59 Å². The Labute approximate surface area is 165 Å². The van der Waals surface area contributed by atoms with E-state index in [2.05, 4.69) is 22.5 Å². The van der Waals surface area contributed by atoms with Gasteiger partial charge in [-0.15, -0.1) is 24.0 Å². The van der Waals surface area contributed by atoms with Crippen molar-refractivity contribution in [3.8, 4) is 0 Å². The smallest absolute Gasteiger partial charge is 0.233 e. The average Bonchev–Trinajstić information content (AvgIpc) is 3.25. The number of hydrogen-bond donors (Lipinski definition) is 2. The predicted octanol–water partition coefficient (Wildman–Crippen LogP) is 1.65. The number of imide groups is 1. The Bertz CT molecular complexity index is 570. The first kappa shape index (κ1) is 18.7. The highest BCUT2D eigenvalue weighted by molar-refractivity contribution is 14.0. The summed E-state index contributed by atoms with van der Waals surface area (Å²) < 4.78 is 0. The standard InChI is InChI=1S/C18H26N4O2.HI/c19-18(21-13-4-2-1-3-5-13)20-8-9-22-16(23)14-11-6-7-12(10-11)15(14)17(22)24;/h6-7,11-15H,1-5,8-10H2,(H3,19,20,21);1H. The average molecular weight is 458 g/mol. The fourth-order valence-corrected chi connectivity index (χ4v) is 4.96. The number of aliphatic imine (C=N–C) groups is 1. The van der Waals surface area contributed by atoms with E-state index in [0.717, 1.165) is 19.3 Å². The molecule has 4 aliphatic rings. The number of allylic oxidation sites excluding steroid dienone is 2. The summed E-state index contributed by atoms with van der Waals surface area (Å²) in [6.07, 6.45) is 11.2. The molecule has 0 spiro atoms. The lowest BCUT2D eigenvalue weighted by Crippen LogP contribution is -2.41. The van der Waals surface area contributed by atoms with Crippen molar-refractivity contribution in [2.75, 3.05) is 13.1 Å². The number of nitrogens with one attached hydrogen (secondary N) is 1. The maximum atomic E-state index is 12.6. The Morgan fingerprint density at radius 1 is 1.12 bits per heavy atom. The summed E-state index contributed by atoms with van der Waals surface area (Å²) in [6.45, 7) is 0.725. The van der Waals surface area contributed by atoms with Crippen LogP contribution in [0, 0.1) is 23.7 Å². The Hall–Kier alpha value is -1.12. The number of hydrogen-bond acceptors (Lipinski definition) is 3. The molecule has 0 aromatic heterocycles. The van der Waals surface area contributed by atoms with Gasteiger partial charge in [-0.25, -0.2) is 0 Å². The molecule has 1 heterocycles. The van der Waals surface area contributed by atoms with Gasteiger partial charge in [0.1, 0.15) is 0 Å². The molecule has 0 aromatic rings. The molecule has 2 amide bonds. The third kappa shape index (κ3) is 3.44. The van der Waals surface area contributed by atoms with Crippen LogP contribution in [0.1, 0.15) is 38.5 Å². The highest BCUT2D eigenvalue weighted by Crippen LogP contribution is 2.52. The van der Waals surface area contributed by atoms with Gasteiger partial charge in [-0.05, 0) is 31.1 Å². The van der Waals surface area contributed by atoms with Crippen molar-refractivity contribution >= 4 is 41.8 Å². The zero-order valence-corrected chi connectivity index (χ0v) is 16.7. The third-order valence-corrected chi connectivity index (χ3v) is 6.12. The highest BCUT2D eigenvalue weighted by Gasteiger charge is 2.58. The van der Waals surface area contributed by atoms with Crippen molar-refractivity contribution < 1.29 is 9.59 Å². The highest BCUT2D eigenvalue weighted by atomic mass is 127. The molecular weight excluding hydrogens is 431 g/mol.